The van der Waals surface area contributed by atoms with Gasteiger partial charge in [-0.05, 0) is 115 Å². The van der Waals surface area contributed by atoms with Gasteiger partial charge in [0.15, 0.2) is 0 Å². The molecule has 0 aromatic heterocycles. The lowest BCUT2D eigenvalue weighted by Gasteiger charge is -2.62. The van der Waals surface area contributed by atoms with E-state index in [1.165, 1.54) is 49.3 Å². The quantitative estimate of drug-likeness (QED) is 0.299. The molecule has 4 saturated carbocycles. The van der Waals surface area contributed by atoms with Crippen molar-refractivity contribution in [3.63, 3.8) is 0 Å². The molecule has 4 aliphatic rings. The summed E-state index contributed by atoms with van der Waals surface area (Å²) in [4.78, 5) is 24.4. The van der Waals surface area contributed by atoms with Gasteiger partial charge in [-0.3, -0.25) is 9.59 Å². The van der Waals surface area contributed by atoms with Crippen molar-refractivity contribution in [3.05, 3.63) is 77.9 Å². The molecule has 0 heterocycles. The van der Waals surface area contributed by atoms with Gasteiger partial charge in [0.05, 0.1) is 0 Å². The third-order valence-corrected chi connectivity index (χ3v) is 13.0. The maximum atomic E-state index is 12.6. The topological polar surface area (TPSA) is 52.6 Å². The summed E-state index contributed by atoms with van der Waals surface area (Å²) in [5.74, 6) is 3.07. The van der Waals surface area contributed by atoms with Gasteiger partial charge in [0.2, 0.25) is 0 Å². The Morgan fingerprint density at radius 2 is 1.45 bits per heavy atom. The monoisotopic (exact) mass is 596 g/mol. The highest BCUT2D eigenvalue weighted by atomic mass is 16.5. The van der Waals surface area contributed by atoms with E-state index in [2.05, 4.69) is 87.5 Å². The third-order valence-electron chi connectivity index (χ3n) is 13.0. The molecule has 236 valence electrons. The number of hydrogen-bond acceptors (Lipinski definition) is 4. The van der Waals surface area contributed by atoms with Gasteiger partial charge in [0.1, 0.15) is 12.2 Å². The average Bonchev–Trinajstić information content (AvgIpc) is 3.37. The van der Waals surface area contributed by atoms with E-state index in [0.29, 0.717) is 35.5 Å². The molecule has 0 saturated heterocycles. The lowest BCUT2D eigenvalue weighted by molar-refractivity contribution is -0.197. The van der Waals surface area contributed by atoms with E-state index in [9.17, 15) is 9.59 Å². The highest BCUT2D eigenvalue weighted by Crippen LogP contribution is 2.69. The summed E-state index contributed by atoms with van der Waals surface area (Å²) in [6.07, 6.45) is 12.4. The minimum atomic E-state index is -0.156. The van der Waals surface area contributed by atoms with Crippen molar-refractivity contribution in [2.45, 2.75) is 105 Å². The number of rotatable bonds is 7. The Labute approximate surface area is 265 Å². The third kappa shape index (κ3) is 5.67. The van der Waals surface area contributed by atoms with Crippen LogP contribution in [0.15, 0.2) is 66.7 Å². The van der Waals surface area contributed by atoms with Crippen LogP contribution in [0.1, 0.15) is 104 Å². The van der Waals surface area contributed by atoms with Crippen LogP contribution >= 0.6 is 0 Å². The van der Waals surface area contributed by atoms with Crippen molar-refractivity contribution >= 4 is 17.5 Å². The van der Waals surface area contributed by atoms with Crippen LogP contribution in [0.3, 0.4) is 0 Å². The van der Waals surface area contributed by atoms with Gasteiger partial charge in [-0.25, -0.2) is 0 Å². The summed E-state index contributed by atoms with van der Waals surface area (Å²) in [5, 5.41) is 0. The van der Waals surface area contributed by atoms with E-state index in [1.807, 2.05) is 0 Å². The molecule has 0 bridgehead atoms. The van der Waals surface area contributed by atoms with Crippen LogP contribution in [-0.4, -0.2) is 24.1 Å². The molecule has 0 N–H and O–H groups in total. The van der Waals surface area contributed by atoms with Crippen LogP contribution in [0, 0.1) is 46.3 Å². The zero-order chi connectivity index (χ0) is 31.1. The van der Waals surface area contributed by atoms with Crippen LogP contribution in [0.25, 0.3) is 5.57 Å². The van der Waals surface area contributed by atoms with Crippen molar-refractivity contribution < 1.29 is 19.1 Å². The first kappa shape index (κ1) is 31.1. The van der Waals surface area contributed by atoms with Crippen molar-refractivity contribution in [2.24, 2.45) is 46.3 Å². The van der Waals surface area contributed by atoms with Gasteiger partial charge in [0.25, 0.3) is 0 Å². The molecule has 0 amide bonds. The van der Waals surface area contributed by atoms with Crippen LogP contribution in [-0.2, 0) is 19.1 Å². The molecule has 44 heavy (non-hydrogen) atoms. The number of allylic oxidation sites excluding steroid dienone is 1. The largest absolute Gasteiger partial charge is 0.463 e. The van der Waals surface area contributed by atoms with E-state index in [4.69, 9.17) is 9.47 Å². The molecular weight excluding hydrogens is 544 g/mol. The Balaban J connectivity index is 1.26. The van der Waals surface area contributed by atoms with Gasteiger partial charge in [-0.1, -0.05) is 87.5 Å². The summed E-state index contributed by atoms with van der Waals surface area (Å²) in [6, 6.07) is 21.5. The normalized spacial score (nSPS) is 36.6. The van der Waals surface area contributed by atoms with Gasteiger partial charge in [-0.15, -0.1) is 0 Å². The van der Waals surface area contributed by atoms with Crippen molar-refractivity contribution in [2.75, 3.05) is 0 Å². The molecule has 4 fully saturated rings. The predicted octanol–water partition coefficient (Wildman–Crippen LogP) is 9.28. The second kappa shape index (κ2) is 12.5. The van der Waals surface area contributed by atoms with Crippen LogP contribution in [0.4, 0.5) is 0 Å². The SMILES string of the molecule is CC(=O)O[C@@H]1CC[C@]2(C)[C@H](CC[C@H]3[C@H]4CC[C@@H]([C@H](C)CC=C(c5ccccc5)c5ccccc5)[C@@]4(C)[C@@H](OC(C)=O)C[C@@H]32)C1. The number of fused-ring (bicyclic) bond motifs is 5. The molecule has 4 nitrogen and oxygen atoms in total. The fourth-order valence-corrected chi connectivity index (χ4v) is 10.9. The summed E-state index contributed by atoms with van der Waals surface area (Å²) in [5.41, 5.74) is 4.01. The molecule has 10 atom stereocenters. The highest BCUT2D eigenvalue weighted by molar-refractivity contribution is 5.79. The predicted molar refractivity (Wildman–Crippen MR) is 175 cm³/mol. The number of ether oxygens (including phenoxy) is 2. The Morgan fingerprint density at radius 1 is 0.818 bits per heavy atom. The molecule has 2 aromatic carbocycles. The van der Waals surface area contributed by atoms with Crippen LogP contribution in [0.2, 0.25) is 0 Å². The Morgan fingerprint density at radius 3 is 2.07 bits per heavy atom. The first-order valence-corrected chi connectivity index (χ1v) is 17.3. The van der Waals surface area contributed by atoms with E-state index in [0.717, 1.165) is 32.1 Å². The minimum absolute atomic E-state index is 0.0160. The summed E-state index contributed by atoms with van der Waals surface area (Å²) in [6.45, 7) is 10.6. The molecule has 4 aliphatic carbocycles. The van der Waals surface area contributed by atoms with E-state index < -0.39 is 0 Å². The number of carbonyl (C=O) groups is 2. The zero-order valence-corrected chi connectivity index (χ0v) is 27.5. The Kier molecular flexibility index (Phi) is 8.83. The molecular formula is C40H52O4. The fraction of sp³-hybridized carbons (Fsp3) is 0.600. The second-order valence-electron chi connectivity index (χ2n) is 15.1. The number of benzene rings is 2. The van der Waals surface area contributed by atoms with Crippen molar-refractivity contribution in [1.29, 1.82) is 0 Å². The second-order valence-corrected chi connectivity index (χ2v) is 15.1. The smallest absolute Gasteiger partial charge is 0.302 e. The average molecular weight is 597 g/mol. The van der Waals surface area contributed by atoms with Gasteiger partial charge < -0.3 is 9.47 Å². The van der Waals surface area contributed by atoms with E-state index in [-0.39, 0.29) is 35.0 Å². The molecule has 2 aromatic rings. The molecule has 0 aliphatic heterocycles. The summed E-state index contributed by atoms with van der Waals surface area (Å²) >= 11 is 0. The maximum absolute atomic E-state index is 12.6. The van der Waals surface area contributed by atoms with E-state index in [1.54, 1.807) is 6.92 Å². The number of esters is 2. The Hall–Kier alpha value is -2.88. The lowest BCUT2D eigenvalue weighted by atomic mass is 9.43. The summed E-state index contributed by atoms with van der Waals surface area (Å²) in [7, 11) is 0. The number of hydrogen-bond donors (Lipinski definition) is 0. The van der Waals surface area contributed by atoms with Crippen LogP contribution in [0.5, 0.6) is 0 Å². The van der Waals surface area contributed by atoms with Crippen molar-refractivity contribution in [3.8, 4) is 0 Å². The fourth-order valence-electron chi connectivity index (χ4n) is 10.9. The first-order chi connectivity index (χ1) is 21.1. The maximum Gasteiger partial charge on any atom is 0.302 e. The first-order valence-electron chi connectivity index (χ1n) is 17.3. The lowest BCUT2D eigenvalue weighted by Crippen LogP contribution is -2.59. The van der Waals surface area contributed by atoms with Gasteiger partial charge in [-0.2, -0.15) is 0 Å². The number of carbonyl (C=O) groups excluding carboxylic acids is 2. The van der Waals surface area contributed by atoms with Gasteiger partial charge >= 0.3 is 11.9 Å². The highest BCUT2D eigenvalue weighted by Gasteiger charge is 2.65. The molecule has 0 unspecified atom stereocenters. The van der Waals surface area contributed by atoms with Gasteiger partial charge in [0, 0.05) is 19.3 Å². The summed E-state index contributed by atoms with van der Waals surface area (Å²) < 4.78 is 12.1. The van der Waals surface area contributed by atoms with Crippen LogP contribution < -0.4 is 0 Å². The Bertz CT molecular complexity index is 1310. The molecule has 4 heteroatoms. The zero-order valence-electron chi connectivity index (χ0n) is 27.5. The van der Waals surface area contributed by atoms with E-state index >= 15 is 0 Å². The minimum Gasteiger partial charge on any atom is -0.463 e. The molecule has 0 radical (unpaired) electrons. The molecule has 6 rings (SSSR count). The molecule has 0 spiro atoms. The van der Waals surface area contributed by atoms with Crippen molar-refractivity contribution in [1.82, 2.24) is 0 Å². The standard InChI is InChI=1S/C40H52O4/c1-26(16-18-33(29-12-8-6-9-13-29)30-14-10-7-11-15-30)35-20-21-36-34-19-17-31-24-32(43-27(2)41)22-23-39(31,4)37(34)25-38(40(35,36)5)44-28(3)42/h6-15,18,26,31-32,34-38H,16-17,19-25H2,1-5H3/t26-,31-,32-,34+,35+,36-,37+,38+,39-,40-/m1/s1.